The fraction of sp³-hybridized carbons (Fsp3) is 0.481. The van der Waals surface area contributed by atoms with Crippen molar-refractivity contribution >= 4 is 27.7 Å². The smallest absolute Gasteiger partial charge is 0.251 e. The molecule has 2 aromatic rings. The van der Waals surface area contributed by atoms with E-state index in [0.717, 1.165) is 16.5 Å². The van der Waals surface area contributed by atoms with E-state index in [1.807, 2.05) is 30.3 Å². The zero-order valence-electron chi connectivity index (χ0n) is 20.7. The maximum atomic E-state index is 13.0. The number of methoxy groups -OCH3 is 1. The molecule has 3 N–H and O–H groups in total. The van der Waals surface area contributed by atoms with Crippen LogP contribution in [0.2, 0.25) is 0 Å². The van der Waals surface area contributed by atoms with Crippen molar-refractivity contribution in [1.82, 2.24) is 10.6 Å². The van der Waals surface area contributed by atoms with E-state index < -0.39 is 18.1 Å². The lowest BCUT2D eigenvalue weighted by atomic mass is 9.91. The van der Waals surface area contributed by atoms with Gasteiger partial charge in [0.05, 0.1) is 19.3 Å². The van der Waals surface area contributed by atoms with Gasteiger partial charge in [0.2, 0.25) is 5.91 Å². The normalized spacial score (nSPS) is 14.1. The fourth-order valence-electron chi connectivity index (χ4n) is 3.58. The van der Waals surface area contributed by atoms with Crippen LogP contribution in [0, 0.1) is 11.3 Å². The van der Waals surface area contributed by atoms with Crippen molar-refractivity contribution in [2.75, 3.05) is 13.7 Å². The van der Waals surface area contributed by atoms with Crippen LogP contribution in [-0.2, 0) is 11.2 Å². The standard InChI is InChI=1S/C27H37BrN2O4/c1-18(25(32)29-12-11-27(2,3)4)13-24(31)23(14-19-9-7-6-8-10-19)30-26(33)20-15-21(28)17-22(16-20)34-5/h6-10,15-18,23-24,31H,11-14H2,1-5H3,(H,29,32)(H,30,33). The lowest BCUT2D eigenvalue weighted by molar-refractivity contribution is -0.125. The van der Waals surface area contributed by atoms with Crippen molar-refractivity contribution in [2.45, 2.75) is 59.1 Å². The van der Waals surface area contributed by atoms with Crippen molar-refractivity contribution in [2.24, 2.45) is 11.3 Å². The number of aliphatic hydroxyl groups excluding tert-OH is 1. The first-order chi connectivity index (χ1) is 16.0. The van der Waals surface area contributed by atoms with Crippen molar-refractivity contribution < 1.29 is 19.4 Å². The van der Waals surface area contributed by atoms with Crippen molar-refractivity contribution in [3.05, 3.63) is 64.1 Å². The van der Waals surface area contributed by atoms with Gasteiger partial charge in [-0.3, -0.25) is 9.59 Å². The Morgan fingerprint density at radius 3 is 2.41 bits per heavy atom. The van der Waals surface area contributed by atoms with E-state index in [1.54, 1.807) is 32.2 Å². The minimum absolute atomic E-state index is 0.0928. The Hall–Kier alpha value is -2.38. The van der Waals surface area contributed by atoms with Crippen LogP contribution in [0.25, 0.3) is 0 Å². The zero-order valence-corrected chi connectivity index (χ0v) is 22.3. The number of rotatable bonds is 11. The van der Waals surface area contributed by atoms with Gasteiger partial charge in [0, 0.05) is 22.5 Å². The molecule has 7 heteroatoms. The molecule has 2 aromatic carbocycles. The number of ether oxygens (including phenoxy) is 1. The monoisotopic (exact) mass is 532 g/mol. The first-order valence-corrected chi connectivity index (χ1v) is 12.4. The third-order valence-corrected chi connectivity index (χ3v) is 6.12. The van der Waals surface area contributed by atoms with Crippen molar-refractivity contribution in [3.8, 4) is 5.75 Å². The highest BCUT2D eigenvalue weighted by Crippen LogP contribution is 2.22. The SMILES string of the molecule is COc1cc(Br)cc(C(=O)NC(Cc2ccccc2)C(O)CC(C)C(=O)NCCC(C)(C)C)c1. The molecule has 0 aliphatic rings. The van der Waals surface area contributed by atoms with Crippen LogP contribution in [0.4, 0.5) is 0 Å². The zero-order chi connectivity index (χ0) is 25.3. The van der Waals surface area contributed by atoms with Gasteiger partial charge in [0.25, 0.3) is 5.91 Å². The minimum atomic E-state index is -0.901. The van der Waals surface area contributed by atoms with E-state index in [2.05, 4.69) is 47.3 Å². The predicted molar refractivity (Wildman–Crippen MR) is 139 cm³/mol. The van der Waals surface area contributed by atoms with Gasteiger partial charge in [-0.2, -0.15) is 0 Å². The van der Waals surface area contributed by atoms with Crippen LogP contribution in [0.3, 0.4) is 0 Å². The Kier molecular flexibility index (Phi) is 10.6. The molecule has 3 atom stereocenters. The Morgan fingerprint density at radius 1 is 1.12 bits per heavy atom. The summed E-state index contributed by atoms with van der Waals surface area (Å²) in [7, 11) is 1.54. The van der Waals surface area contributed by atoms with E-state index >= 15 is 0 Å². The van der Waals surface area contributed by atoms with Gasteiger partial charge in [-0.15, -0.1) is 0 Å². The summed E-state index contributed by atoms with van der Waals surface area (Å²) in [5.74, 6) is -0.247. The number of carbonyl (C=O) groups excluding carboxylic acids is 2. The third kappa shape index (κ3) is 9.47. The van der Waals surface area contributed by atoms with Gasteiger partial charge >= 0.3 is 0 Å². The third-order valence-electron chi connectivity index (χ3n) is 5.67. The molecule has 186 valence electrons. The molecule has 2 amide bonds. The second-order valence-corrected chi connectivity index (χ2v) is 10.9. The largest absolute Gasteiger partial charge is 0.497 e. The number of hydrogen-bond acceptors (Lipinski definition) is 4. The van der Waals surface area contributed by atoms with Gasteiger partial charge in [0.1, 0.15) is 5.75 Å². The van der Waals surface area contributed by atoms with Gasteiger partial charge < -0.3 is 20.5 Å². The van der Waals surface area contributed by atoms with E-state index in [1.165, 1.54) is 0 Å². The molecular formula is C27H37BrN2O4. The number of nitrogens with one attached hydrogen (secondary N) is 2. The average molecular weight is 534 g/mol. The van der Waals surface area contributed by atoms with E-state index in [0.29, 0.717) is 24.3 Å². The second kappa shape index (κ2) is 12.9. The molecule has 0 fully saturated rings. The molecule has 0 aliphatic heterocycles. The lowest BCUT2D eigenvalue weighted by Gasteiger charge is -2.27. The summed E-state index contributed by atoms with van der Waals surface area (Å²) in [6.45, 7) is 8.78. The molecule has 0 aromatic heterocycles. The van der Waals surface area contributed by atoms with E-state index in [9.17, 15) is 14.7 Å². The quantitative estimate of drug-likeness (QED) is 0.390. The molecule has 0 heterocycles. The maximum Gasteiger partial charge on any atom is 0.251 e. The van der Waals surface area contributed by atoms with Gasteiger partial charge in [-0.25, -0.2) is 0 Å². The Bertz CT molecular complexity index is 943. The van der Waals surface area contributed by atoms with Crippen molar-refractivity contribution in [1.29, 1.82) is 0 Å². The number of benzene rings is 2. The summed E-state index contributed by atoms with van der Waals surface area (Å²) in [5.41, 5.74) is 1.54. The molecule has 0 bridgehead atoms. The molecular weight excluding hydrogens is 496 g/mol. The van der Waals surface area contributed by atoms with Crippen LogP contribution < -0.4 is 15.4 Å². The molecule has 34 heavy (non-hydrogen) atoms. The van der Waals surface area contributed by atoms with Crippen LogP contribution in [0.15, 0.2) is 53.0 Å². The molecule has 3 unspecified atom stereocenters. The highest BCUT2D eigenvalue weighted by atomic mass is 79.9. The molecule has 2 rings (SSSR count). The van der Waals surface area contributed by atoms with Crippen LogP contribution >= 0.6 is 15.9 Å². The average Bonchev–Trinajstić information content (AvgIpc) is 2.77. The summed E-state index contributed by atoms with van der Waals surface area (Å²) in [6.07, 6.45) is 0.649. The Balaban J connectivity index is 2.11. The van der Waals surface area contributed by atoms with Crippen LogP contribution in [0.1, 0.15) is 56.5 Å². The second-order valence-electron chi connectivity index (χ2n) is 9.96. The number of hydrogen-bond donors (Lipinski definition) is 3. The predicted octanol–water partition coefficient (Wildman–Crippen LogP) is 4.74. The highest BCUT2D eigenvalue weighted by molar-refractivity contribution is 9.10. The number of halogens is 1. The van der Waals surface area contributed by atoms with Crippen molar-refractivity contribution in [3.63, 3.8) is 0 Å². The van der Waals surface area contributed by atoms with Gasteiger partial charge in [0.15, 0.2) is 0 Å². The Morgan fingerprint density at radius 2 is 1.79 bits per heavy atom. The Labute approximate surface area is 211 Å². The molecule has 0 radical (unpaired) electrons. The summed E-state index contributed by atoms with van der Waals surface area (Å²) < 4.78 is 5.98. The summed E-state index contributed by atoms with van der Waals surface area (Å²) in [4.78, 5) is 25.6. The molecule has 6 nitrogen and oxygen atoms in total. The number of carbonyl (C=O) groups is 2. The lowest BCUT2D eigenvalue weighted by Crippen LogP contribution is -2.46. The van der Waals surface area contributed by atoms with E-state index in [-0.39, 0.29) is 23.7 Å². The van der Waals surface area contributed by atoms with Crippen LogP contribution in [0.5, 0.6) is 5.75 Å². The first-order valence-electron chi connectivity index (χ1n) is 11.6. The summed E-state index contributed by atoms with van der Waals surface area (Å²) in [6, 6.07) is 14.2. The number of amides is 2. The maximum absolute atomic E-state index is 13.0. The van der Waals surface area contributed by atoms with Crippen LogP contribution in [-0.4, -0.2) is 42.7 Å². The first kappa shape index (κ1) is 27.9. The van der Waals surface area contributed by atoms with Gasteiger partial charge in [-0.1, -0.05) is 74.0 Å². The minimum Gasteiger partial charge on any atom is -0.497 e. The summed E-state index contributed by atoms with van der Waals surface area (Å²) >= 11 is 3.40. The molecule has 0 saturated carbocycles. The summed E-state index contributed by atoms with van der Waals surface area (Å²) in [5, 5.41) is 17.0. The number of aliphatic hydroxyl groups is 1. The fourth-order valence-corrected chi connectivity index (χ4v) is 4.06. The molecule has 0 aliphatic carbocycles. The topological polar surface area (TPSA) is 87.7 Å². The van der Waals surface area contributed by atoms with E-state index in [4.69, 9.17) is 4.74 Å². The van der Waals surface area contributed by atoms with Gasteiger partial charge in [-0.05, 0) is 48.4 Å². The molecule has 0 spiro atoms. The highest BCUT2D eigenvalue weighted by Gasteiger charge is 2.27. The molecule has 0 saturated heterocycles.